The molecular weight excluding hydrogens is 302 g/mol. The number of carbonyl (C=O) groups is 4. The molecule has 1 aromatic carbocycles. The van der Waals surface area contributed by atoms with Gasteiger partial charge in [-0.3, -0.25) is 14.4 Å². The minimum absolute atomic E-state index is 0.207. The van der Waals surface area contributed by atoms with E-state index < -0.39 is 29.1 Å². The quantitative estimate of drug-likeness (QED) is 0.617. The second-order valence-electron chi connectivity index (χ2n) is 6.02. The van der Waals surface area contributed by atoms with Gasteiger partial charge < -0.3 is 9.57 Å². The van der Waals surface area contributed by atoms with Gasteiger partial charge in [0.15, 0.2) is 0 Å². The first-order chi connectivity index (χ1) is 10.9. The third kappa shape index (κ3) is 2.28. The predicted molar refractivity (Wildman–Crippen MR) is 75.9 cm³/mol. The van der Waals surface area contributed by atoms with E-state index in [1.807, 2.05) is 0 Å². The maximum Gasteiger partial charge on any atom is 0.336 e. The number of esters is 1. The molecule has 0 radical (unpaired) electrons. The average molecular weight is 317 g/mol. The number of methoxy groups -OCH3 is 1. The van der Waals surface area contributed by atoms with Crippen LogP contribution in [0.2, 0.25) is 0 Å². The summed E-state index contributed by atoms with van der Waals surface area (Å²) in [4.78, 5) is 52.9. The van der Waals surface area contributed by atoms with Gasteiger partial charge in [-0.25, -0.2) is 4.79 Å². The molecule has 2 aliphatic rings. The zero-order valence-corrected chi connectivity index (χ0v) is 12.7. The molecule has 0 atom stereocenters. The Morgan fingerprint density at radius 2 is 1.65 bits per heavy atom. The number of fused-ring (bicyclic) bond motifs is 1. The molecule has 1 aromatic rings. The monoisotopic (exact) mass is 317 g/mol. The fraction of sp³-hybridized carbons (Fsp3) is 0.375. The Bertz CT molecular complexity index is 684. The first-order valence-corrected chi connectivity index (χ1v) is 7.15. The van der Waals surface area contributed by atoms with E-state index in [0.717, 1.165) is 0 Å². The lowest BCUT2D eigenvalue weighted by Crippen LogP contribution is -2.47. The lowest BCUT2D eigenvalue weighted by atomic mass is 9.63. The highest BCUT2D eigenvalue weighted by atomic mass is 16.7. The number of nitrogens with zero attached hydrogens (tertiary/aromatic N) is 1. The van der Waals surface area contributed by atoms with Crippen molar-refractivity contribution in [3.05, 3.63) is 35.4 Å². The standard InChI is InChI=1S/C16H15NO6/c1-16(15(21)22-2)7-9(8-16)14(20)23-17-12(18)10-5-3-4-6-11(10)13(17)19/h3-6,9H,7-8H2,1-2H3. The van der Waals surface area contributed by atoms with Gasteiger partial charge in [0.25, 0.3) is 11.8 Å². The molecule has 7 heteroatoms. The van der Waals surface area contributed by atoms with Crippen LogP contribution in [0.4, 0.5) is 0 Å². The summed E-state index contributed by atoms with van der Waals surface area (Å²) in [7, 11) is 1.29. The number of carbonyl (C=O) groups excluding carboxylic acids is 4. The minimum atomic E-state index is -0.722. The Labute approximate surface area is 132 Å². The van der Waals surface area contributed by atoms with Crippen molar-refractivity contribution in [1.29, 1.82) is 0 Å². The zero-order valence-electron chi connectivity index (χ0n) is 12.7. The third-order valence-corrected chi connectivity index (χ3v) is 4.34. The summed E-state index contributed by atoms with van der Waals surface area (Å²) in [5, 5.41) is 0.487. The van der Waals surface area contributed by atoms with E-state index in [4.69, 9.17) is 4.84 Å². The minimum Gasteiger partial charge on any atom is -0.469 e. The van der Waals surface area contributed by atoms with Crippen LogP contribution in [0.1, 0.15) is 40.5 Å². The summed E-state index contributed by atoms with van der Waals surface area (Å²) in [5.41, 5.74) is -0.308. The lowest BCUT2D eigenvalue weighted by Gasteiger charge is -2.40. The maximum atomic E-state index is 12.1. The normalized spacial score (nSPS) is 25.7. The van der Waals surface area contributed by atoms with E-state index in [1.165, 1.54) is 19.2 Å². The highest BCUT2D eigenvalue weighted by molar-refractivity contribution is 6.20. The van der Waals surface area contributed by atoms with Crippen LogP contribution in [0.5, 0.6) is 0 Å². The Morgan fingerprint density at radius 1 is 1.13 bits per heavy atom. The predicted octanol–water partition coefficient (Wildman–Crippen LogP) is 1.33. The van der Waals surface area contributed by atoms with Gasteiger partial charge in [0.05, 0.1) is 29.6 Å². The molecule has 0 saturated heterocycles. The topological polar surface area (TPSA) is 90.0 Å². The molecular formula is C16H15NO6. The number of amides is 2. The Morgan fingerprint density at radius 3 is 2.13 bits per heavy atom. The van der Waals surface area contributed by atoms with Crippen LogP contribution in [0.3, 0.4) is 0 Å². The number of imide groups is 1. The van der Waals surface area contributed by atoms with E-state index in [1.54, 1.807) is 19.1 Å². The zero-order chi connectivity index (χ0) is 16.8. The van der Waals surface area contributed by atoms with Crippen LogP contribution in [0.15, 0.2) is 24.3 Å². The molecule has 0 N–H and O–H groups in total. The van der Waals surface area contributed by atoms with Gasteiger partial charge in [0.1, 0.15) is 0 Å². The van der Waals surface area contributed by atoms with Crippen molar-refractivity contribution in [1.82, 2.24) is 5.06 Å². The van der Waals surface area contributed by atoms with E-state index in [0.29, 0.717) is 5.06 Å². The van der Waals surface area contributed by atoms with Gasteiger partial charge in [-0.05, 0) is 31.9 Å². The average Bonchev–Trinajstić information content (AvgIpc) is 2.76. The summed E-state index contributed by atoms with van der Waals surface area (Å²) in [6.45, 7) is 1.70. The molecule has 0 aromatic heterocycles. The van der Waals surface area contributed by atoms with Gasteiger partial charge in [0.2, 0.25) is 0 Å². The molecule has 7 nitrogen and oxygen atoms in total. The summed E-state index contributed by atoms with van der Waals surface area (Å²) in [6.07, 6.45) is 0.531. The van der Waals surface area contributed by atoms with E-state index >= 15 is 0 Å². The van der Waals surface area contributed by atoms with Crippen molar-refractivity contribution in [2.45, 2.75) is 19.8 Å². The summed E-state index contributed by atoms with van der Waals surface area (Å²) in [5.74, 6) is -2.94. The van der Waals surface area contributed by atoms with Crippen molar-refractivity contribution in [2.75, 3.05) is 7.11 Å². The molecule has 0 spiro atoms. The van der Waals surface area contributed by atoms with Crippen LogP contribution in [0.25, 0.3) is 0 Å². The van der Waals surface area contributed by atoms with Gasteiger partial charge in [-0.2, -0.15) is 0 Å². The van der Waals surface area contributed by atoms with Gasteiger partial charge >= 0.3 is 11.9 Å². The number of rotatable bonds is 3. The van der Waals surface area contributed by atoms with Crippen LogP contribution in [0, 0.1) is 11.3 Å². The van der Waals surface area contributed by atoms with Crippen molar-refractivity contribution >= 4 is 23.8 Å². The van der Waals surface area contributed by atoms with Crippen molar-refractivity contribution in [2.24, 2.45) is 11.3 Å². The third-order valence-electron chi connectivity index (χ3n) is 4.34. The number of ether oxygens (including phenoxy) is 1. The first kappa shape index (κ1) is 15.2. The van der Waals surface area contributed by atoms with Crippen molar-refractivity contribution in [3.8, 4) is 0 Å². The molecule has 120 valence electrons. The molecule has 0 bridgehead atoms. The molecule has 2 amide bonds. The lowest BCUT2D eigenvalue weighted by molar-refractivity contribution is -0.185. The Kier molecular flexibility index (Phi) is 3.43. The summed E-state index contributed by atoms with van der Waals surface area (Å²) >= 11 is 0. The molecule has 1 aliphatic heterocycles. The molecule has 1 fully saturated rings. The van der Waals surface area contributed by atoms with E-state index in [-0.39, 0.29) is 29.9 Å². The van der Waals surface area contributed by atoms with Crippen LogP contribution in [-0.4, -0.2) is 35.9 Å². The molecule has 1 aliphatic carbocycles. The van der Waals surface area contributed by atoms with Crippen LogP contribution >= 0.6 is 0 Å². The van der Waals surface area contributed by atoms with Crippen molar-refractivity contribution < 1.29 is 28.8 Å². The smallest absolute Gasteiger partial charge is 0.336 e. The number of benzene rings is 1. The van der Waals surface area contributed by atoms with Gasteiger partial charge in [0, 0.05) is 0 Å². The first-order valence-electron chi connectivity index (χ1n) is 7.15. The summed E-state index contributed by atoms with van der Waals surface area (Å²) < 4.78 is 4.69. The number of hydroxylamine groups is 2. The van der Waals surface area contributed by atoms with Crippen LogP contribution < -0.4 is 0 Å². The Hall–Kier alpha value is -2.70. The fourth-order valence-corrected chi connectivity index (χ4v) is 3.02. The van der Waals surface area contributed by atoms with Crippen molar-refractivity contribution in [3.63, 3.8) is 0 Å². The molecule has 0 unspecified atom stereocenters. The SMILES string of the molecule is COC(=O)C1(C)CC(C(=O)ON2C(=O)c3ccccc3C2=O)C1. The molecule has 3 rings (SSSR count). The molecule has 1 heterocycles. The maximum absolute atomic E-state index is 12.1. The second kappa shape index (κ2) is 5.19. The second-order valence-corrected chi connectivity index (χ2v) is 6.02. The fourth-order valence-electron chi connectivity index (χ4n) is 3.02. The number of hydrogen-bond acceptors (Lipinski definition) is 6. The van der Waals surface area contributed by atoms with E-state index in [9.17, 15) is 19.2 Å². The van der Waals surface area contributed by atoms with Gasteiger partial charge in [-0.1, -0.05) is 17.2 Å². The molecule has 1 saturated carbocycles. The van der Waals surface area contributed by atoms with E-state index in [2.05, 4.69) is 4.74 Å². The van der Waals surface area contributed by atoms with Crippen LogP contribution in [-0.2, 0) is 19.2 Å². The summed E-state index contributed by atoms with van der Waals surface area (Å²) in [6, 6.07) is 6.26. The Balaban J connectivity index is 1.66. The number of hydrogen-bond donors (Lipinski definition) is 0. The highest BCUT2D eigenvalue weighted by Gasteiger charge is 2.52. The highest BCUT2D eigenvalue weighted by Crippen LogP contribution is 2.46. The van der Waals surface area contributed by atoms with Gasteiger partial charge in [-0.15, -0.1) is 0 Å². The largest absolute Gasteiger partial charge is 0.469 e. The molecule has 23 heavy (non-hydrogen) atoms.